The third-order valence-electron chi connectivity index (χ3n) is 8.30. The van der Waals surface area contributed by atoms with Crippen LogP contribution in [0.15, 0.2) is 78.9 Å². The van der Waals surface area contributed by atoms with Crippen molar-refractivity contribution in [2.24, 2.45) is 5.41 Å². The highest BCUT2D eigenvalue weighted by Crippen LogP contribution is 2.45. The van der Waals surface area contributed by atoms with Crippen LogP contribution in [0.1, 0.15) is 55.2 Å². The minimum Gasteiger partial charge on any atom is -0.481 e. The van der Waals surface area contributed by atoms with Gasteiger partial charge in [-0.15, -0.1) is 0 Å². The summed E-state index contributed by atoms with van der Waals surface area (Å²) in [4.78, 5) is 37.9. The monoisotopic (exact) mass is 556 g/mol. The first-order chi connectivity index (χ1) is 19.8. The van der Waals surface area contributed by atoms with Gasteiger partial charge in [0, 0.05) is 12.5 Å². The van der Waals surface area contributed by atoms with Crippen molar-refractivity contribution in [1.82, 2.24) is 10.6 Å². The summed E-state index contributed by atoms with van der Waals surface area (Å²) < 4.78 is 11.7. The van der Waals surface area contributed by atoms with Crippen LogP contribution in [0.5, 0.6) is 0 Å². The van der Waals surface area contributed by atoms with Gasteiger partial charge in [0.1, 0.15) is 12.6 Å². The Morgan fingerprint density at radius 1 is 0.927 bits per heavy atom. The number of aliphatic carboxylic acids is 1. The average molecular weight is 557 g/mol. The highest BCUT2D eigenvalue weighted by Gasteiger charge is 2.40. The van der Waals surface area contributed by atoms with Crippen LogP contribution in [0.25, 0.3) is 11.1 Å². The van der Waals surface area contributed by atoms with Crippen LogP contribution in [-0.2, 0) is 25.7 Å². The molecule has 3 N–H and O–H groups in total. The second-order valence-electron chi connectivity index (χ2n) is 11.1. The number of hydrogen-bond acceptors (Lipinski definition) is 5. The van der Waals surface area contributed by atoms with Gasteiger partial charge in [-0.1, -0.05) is 85.3 Å². The van der Waals surface area contributed by atoms with E-state index in [9.17, 15) is 19.5 Å². The van der Waals surface area contributed by atoms with Crippen molar-refractivity contribution in [3.8, 4) is 11.1 Å². The van der Waals surface area contributed by atoms with Gasteiger partial charge in [-0.05, 0) is 53.0 Å². The number of alkyl carbamates (subject to hydrolysis) is 1. The molecule has 0 aliphatic heterocycles. The predicted molar refractivity (Wildman–Crippen MR) is 154 cm³/mol. The van der Waals surface area contributed by atoms with E-state index in [-0.39, 0.29) is 32.1 Å². The van der Waals surface area contributed by atoms with Crippen LogP contribution >= 0.6 is 0 Å². The first-order valence-electron chi connectivity index (χ1n) is 14.1. The summed E-state index contributed by atoms with van der Waals surface area (Å²) in [6, 6.07) is 24.7. The fraction of sp³-hybridized carbons (Fsp3) is 0.364. The van der Waals surface area contributed by atoms with Crippen molar-refractivity contribution >= 4 is 18.0 Å². The van der Waals surface area contributed by atoms with Gasteiger partial charge in [0.2, 0.25) is 5.91 Å². The normalized spacial score (nSPS) is 16.4. The van der Waals surface area contributed by atoms with Crippen LogP contribution in [0, 0.1) is 5.41 Å². The van der Waals surface area contributed by atoms with Gasteiger partial charge in [0.05, 0.1) is 19.1 Å². The van der Waals surface area contributed by atoms with Crippen molar-refractivity contribution in [2.75, 3.05) is 13.2 Å². The molecule has 0 spiro atoms. The van der Waals surface area contributed by atoms with E-state index in [1.807, 2.05) is 66.7 Å². The Balaban J connectivity index is 1.25. The molecule has 0 saturated heterocycles. The van der Waals surface area contributed by atoms with Crippen LogP contribution in [-0.4, -0.2) is 48.4 Å². The van der Waals surface area contributed by atoms with E-state index in [0.29, 0.717) is 0 Å². The maximum absolute atomic E-state index is 13.4. The Morgan fingerprint density at radius 2 is 1.54 bits per heavy atom. The number of nitrogens with one attached hydrogen (secondary N) is 2. The zero-order valence-electron chi connectivity index (χ0n) is 23.2. The minimum atomic E-state index is -1.03. The van der Waals surface area contributed by atoms with Crippen LogP contribution in [0.3, 0.4) is 0 Å². The van der Waals surface area contributed by atoms with Gasteiger partial charge < -0.3 is 25.2 Å². The van der Waals surface area contributed by atoms with Crippen molar-refractivity contribution < 1.29 is 29.0 Å². The smallest absolute Gasteiger partial charge is 0.407 e. The maximum atomic E-state index is 13.4. The highest BCUT2D eigenvalue weighted by molar-refractivity contribution is 5.86. The largest absolute Gasteiger partial charge is 0.481 e. The SMILES string of the molecule is C[C@H](OCc1ccccc1)[C@@H](NC(=O)OCC1c2ccccc2-c2ccccc21)C(=O)NCC1(CC(=O)O)CCC1. The first kappa shape index (κ1) is 28.4. The molecule has 0 unspecified atom stereocenters. The molecule has 1 saturated carbocycles. The number of carboxylic acid groups (broad SMARTS) is 1. The van der Waals surface area contributed by atoms with Crippen molar-refractivity contribution in [1.29, 1.82) is 0 Å². The predicted octanol–water partition coefficient (Wildman–Crippen LogP) is 5.26. The molecule has 8 nitrogen and oxygen atoms in total. The molecular weight excluding hydrogens is 520 g/mol. The number of carboxylic acids is 1. The molecule has 41 heavy (non-hydrogen) atoms. The second-order valence-corrected chi connectivity index (χ2v) is 11.1. The quantitative estimate of drug-likeness (QED) is 0.280. The number of carbonyl (C=O) groups excluding carboxylic acids is 2. The molecule has 2 amide bonds. The van der Waals surface area contributed by atoms with Gasteiger partial charge in [0.25, 0.3) is 0 Å². The van der Waals surface area contributed by atoms with E-state index in [1.165, 1.54) is 0 Å². The van der Waals surface area contributed by atoms with E-state index in [0.717, 1.165) is 47.1 Å². The molecule has 0 heterocycles. The lowest BCUT2D eigenvalue weighted by atomic mass is 9.66. The fourth-order valence-corrected chi connectivity index (χ4v) is 5.86. The molecule has 5 rings (SSSR count). The standard InChI is InChI=1S/C33H36N2O6/c1-22(40-19-23-10-3-2-4-11-23)30(31(38)34-21-33(16-9-17-33)18-29(36)37)35-32(39)41-20-28-26-14-7-5-12-24(26)25-13-6-8-15-27(25)28/h2-8,10-15,22,28,30H,9,16-21H2,1H3,(H,34,38)(H,35,39)(H,36,37)/t22-,30+/m0/s1. The number of amides is 2. The molecule has 8 heteroatoms. The summed E-state index contributed by atoms with van der Waals surface area (Å²) in [5, 5.41) is 14.9. The number of carbonyl (C=O) groups is 3. The molecule has 214 valence electrons. The molecule has 2 atom stereocenters. The third kappa shape index (κ3) is 6.60. The lowest BCUT2D eigenvalue weighted by molar-refractivity contribution is -0.142. The number of ether oxygens (including phenoxy) is 2. The van der Waals surface area contributed by atoms with Gasteiger partial charge in [-0.25, -0.2) is 4.79 Å². The number of benzene rings is 3. The Hall–Kier alpha value is -4.17. The van der Waals surface area contributed by atoms with Crippen LogP contribution < -0.4 is 10.6 Å². The third-order valence-corrected chi connectivity index (χ3v) is 8.30. The summed E-state index contributed by atoms with van der Waals surface area (Å²) in [6.07, 6.45) is 1.02. The second kappa shape index (κ2) is 12.6. The molecule has 2 aliphatic rings. The molecule has 0 bridgehead atoms. The lowest BCUT2D eigenvalue weighted by Gasteiger charge is -2.41. The number of hydrogen-bond donors (Lipinski definition) is 3. The topological polar surface area (TPSA) is 114 Å². The summed E-state index contributed by atoms with van der Waals surface area (Å²) >= 11 is 0. The number of fused-ring (bicyclic) bond motifs is 3. The Labute approximate surface area is 240 Å². The average Bonchev–Trinajstić information content (AvgIpc) is 3.28. The van der Waals surface area contributed by atoms with Crippen molar-refractivity contribution in [3.05, 3.63) is 95.6 Å². The molecule has 0 aromatic heterocycles. The van der Waals surface area contributed by atoms with E-state index in [2.05, 4.69) is 22.8 Å². The van der Waals surface area contributed by atoms with Gasteiger partial charge in [0.15, 0.2) is 0 Å². The van der Waals surface area contributed by atoms with Gasteiger partial charge in [-0.2, -0.15) is 0 Å². The van der Waals surface area contributed by atoms with E-state index >= 15 is 0 Å². The zero-order valence-corrected chi connectivity index (χ0v) is 23.2. The Bertz CT molecular complexity index is 1340. The molecule has 3 aromatic carbocycles. The molecular formula is C33H36N2O6. The van der Waals surface area contributed by atoms with Crippen molar-refractivity contribution in [3.63, 3.8) is 0 Å². The molecule has 3 aromatic rings. The van der Waals surface area contributed by atoms with E-state index in [4.69, 9.17) is 9.47 Å². The Morgan fingerprint density at radius 3 is 2.12 bits per heavy atom. The first-order valence-corrected chi connectivity index (χ1v) is 14.1. The summed E-state index contributed by atoms with van der Waals surface area (Å²) in [6.45, 7) is 2.34. The maximum Gasteiger partial charge on any atom is 0.407 e. The zero-order chi connectivity index (χ0) is 28.8. The summed E-state index contributed by atoms with van der Waals surface area (Å²) in [5.41, 5.74) is 4.94. The molecule has 2 aliphatic carbocycles. The summed E-state index contributed by atoms with van der Waals surface area (Å²) in [5.74, 6) is -1.43. The fourth-order valence-electron chi connectivity index (χ4n) is 5.86. The Kier molecular flexibility index (Phi) is 8.69. The van der Waals surface area contributed by atoms with Crippen LogP contribution in [0.2, 0.25) is 0 Å². The minimum absolute atomic E-state index is 0.00217. The number of rotatable bonds is 12. The lowest BCUT2D eigenvalue weighted by Crippen LogP contribution is -2.55. The van der Waals surface area contributed by atoms with Gasteiger partial charge in [-0.3, -0.25) is 9.59 Å². The summed E-state index contributed by atoms with van der Waals surface area (Å²) in [7, 11) is 0. The highest BCUT2D eigenvalue weighted by atomic mass is 16.5. The van der Waals surface area contributed by atoms with E-state index < -0.39 is 35.5 Å². The van der Waals surface area contributed by atoms with Gasteiger partial charge >= 0.3 is 12.1 Å². The van der Waals surface area contributed by atoms with Crippen molar-refractivity contribution in [2.45, 2.75) is 57.3 Å². The molecule has 0 radical (unpaired) electrons. The van der Waals surface area contributed by atoms with E-state index in [1.54, 1.807) is 6.92 Å². The molecule has 1 fully saturated rings. The van der Waals surface area contributed by atoms with Crippen LogP contribution in [0.4, 0.5) is 4.79 Å².